The summed E-state index contributed by atoms with van der Waals surface area (Å²) >= 11 is 3.41. The number of hydrogen-bond donors (Lipinski definition) is 1. The summed E-state index contributed by atoms with van der Waals surface area (Å²) in [6.45, 7) is 4.83. The normalized spacial score (nSPS) is 10.8. The van der Waals surface area contributed by atoms with E-state index in [4.69, 9.17) is 4.74 Å². The Balaban J connectivity index is 2.25. The van der Waals surface area contributed by atoms with Gasteiger partial charge in [-0.2, -0.15) is 0 Å². The number of benzene rings is 2. The molecule has 0 aliphatic rings. The van der Waals surface area contributed by atoms with Gasteiger partial charge in [-0.1, -0.05) is 48.0 Å². The Morgan fingerprint density at radius 2 is 1.90 bits per heavy atom. The van der Waals surface area contributed by atoms with Crippen LogP contribution in [0.25, 0.3) is 0 Å². The molecule has 0 aliphatic carbocycles. The molecule has 0 heterocycles. The first kappa shape index (κ1) is 15.0. The van der Waals surface area contributed by atoms with Crippen LogP contribution in [0.1, 0.15) is 19.4 Å². The average Bonchev–Trinajstić information content (AvgIpc) is 2.40. The number of rotatable bonds is 5. The van der Waals surface area contributed by atoms with Gasteiger partial charge >= 0.3 is 0 Å². The minimum atomic E-state index is -0.366. The molecular formula is C16H17BrFNO. The second kappa shape index (κ2) is 6.86. The molecule has 0 fully saturated rings. The highest BCUT2D eigenvalue weighted by molar-refractivity contribution is 9.10. The van der Waals surface area contributed by atoms with Crippen molar-refractivity contribution in [3.63, 3.8) is 0 Å². The smallest absolute Gasteiger partial charge is 0.165 e. The fourth-order valence-electron chi connectivity index (χ4n) is 1.73. The van der Waals surface area contributed by atoms with Gasteiger partial charge in [0.2, 0.25) is 0 Å². The fourth-order valence-corrected chi connectivity index (χ4v) is 2.07. The third kappa shape index (κ3) is 4.05. The van der Waals surface area contributed by atoms with E-state index in [-0.39, 0.29) is 11.6 Å². The van der Waals surface area contributed by atoms with Crippen molar-refractivity contribution < 1.29 is 9.13 Å². The second-order valence-electron chi connectivity index (χ2n) is 4.82. The summed E-state index contributed by atoms with van der Waals surface area (Å²) in [6.07, 6.45) is 0. The van der Waals surface area contributed by atoms with E-state index in [0.717, 1.165) is 10.0 Å². The van der Waals surface area contributed by atoms with E-state index in [2.05, 4.69) is 35.1 Å². The lowest BCUT2D eigenvalue weighted by atomic mass is 10.2. The van der Waals surface area contributed by atoms with Gasteiger partial charge in [-0.05, 0) is 24.3 Å². The van der Waals surface area contributed by atoms with Crippen LogP contribution in [0.3, 0.4) is 0 Å². The molecule has 2 aromatic carbocycles. The summed E-state index contributed by atoms with van der Waals surface area (Å²) < 4.78 is 20.3. The summed E-state index contributed by atoms with van der Waals surface area (Å²) in [5.74, 6) is 0.518. The van der Waals surface area contributed by atoms with Crippen molar-refractivity contribution in [1.82, 2.24) is 5.32 Å². The predicted octanol–water partition coefficient (Wildman–Crippen LogP) is 4.88. The molecule has 0 spiro atoms. The first-order valence-corrected chi connectivity index (χ1v) is 7.30. The first-order chi connectivity index (χ1) is 9.56. The fraction of sp³-hybridized carbons (Fsp3) is 0.250. The van der Waals surface area contributed by atoms with Crippen molar-refractivity contribution in [1.29, 1.82) is 0 Å². The van der Waals surface area contributed by atoms with Gasteiger partial charge in [0.05, 0.1) is 0 Å². The van der Waals surface area contributed by atoms with Gasteiger partial charge in [0.25, 0.3) is 0 Å². The number of hydrogen-bond acceptors (Lipinski definition) is 2. The van der Waals surface area contributed by atoms with Crippen LogP contribution in [-0.2, 0) is 6.54 Å². The van der Waals surface area contributed by atoms with Crippen LogP contribution in [0.4, 0.5) is 4.39 Å². The van der Waals surface area contributed by atoms with Gasteiger partial charge in [0.15, 0.2) is 11.6 Å². The Labute approximate surface area is 127 Å². The molecule has 0 saturated heterocycles. The van der Waals surface area contributed by atoms with Crippen molar-refractivity contribution >= 4 is 15.9 Å². The molecule has 4 heteroatoms. The molecule has 0 saturated carbocycles. The van der Waals surface area contributed by atoms with Gasteiger partial charge < -0.3 is 10.1 Å². The zero-order chi connectivity index (χ0) is 14.5. The highest BCUT2D eigenvalue weighted by atomic mass is 79.9. The Bertz CT molecular complexity index is 586. The molecule has 2 aromatic rings. The maximum absolute atomic E-state index is 13.7. The topological polar surface area (TPSA) is 21.3 Å². The summed E-state index contributed by atoms with van der Waals surface area (Å²) in [6, 6.07) is 12.5. The van der Waals surface area contributed by atoms with Crippen LogP contribution in [0.5, 0.6) is 11.5 Å². The van der Waals surface area contributed by atoms with Crippen molar-refractivity contribution in [3.8, 4) is 11.5 Å². The summed E-state index contributed by atoms with van der Waals surface area (Å²) in [4.78, 5) is 0. The number of halogens is 2. The number of para-hydroxylation sites is 1. The molecular weight excluding hydrogens is 321 g/mol. The van der Waals surface area contributed by atoms with Gasteiger partial charge in [-0.25, -0.2) is 4.39 Å². The Morgan fingerprint density at radius 1 is 1.15 bits per heavy atom. The lowest BCUT2D eigenvalue weighted by molar-refractivity contribution is 0.434. The molecule has 0 atom stereocenters. The van der Waals surface area contributed by atoms with E-state index < -0.39 is 0 Å². The monoisotopic (exact) mass is 337 g/mol. The maximum Gasteiger partial charge on any atom is 0.165 e. The minimum Gasteiger partial charge on any atom is -0.454 e. The second-order valence-corrected chi connectivity index (χ2v) is 5.74. The predicted molar refractivity (Wildman–Crippen MR) is 82.6 cm³/mol. The Morgan fingerprint density at radius 3 is 2.60 bits per heavy atom. The van der Waals surface area contributed by atoms with Crippen molar-refractivity contribution in [2.45, 2.75) is 26.4 Å². The molecule has 0 amide bonds. The molecule has 0 aromatic heterocycles. The van der Waals surface area contributed by atoms with Gasteiger partial charge in [0.1, 0.15) is 5.75 Å². The first-order valence-electron chi connectivity index (χ1n) is 6.50. The van der Waals surface area contributed by atoms with Crippen LogP contribution in [0, 0.1) is 5.82 Å². The van der Waals surface area contributed by atoms with Crippen molar-refractivity contribution in [2.24, 2.45) is 0 Å². The molecule has 1 N–H and O–H groups in total. The van der Waals surface area contributed by atoms with Crippen molar-refractivity contribution in [3.05, 3.63) is 58.3 Å². The zero-order valence-corrected chi connectivity index (χ0v) is 13.1. The van der Waals surface area contributed by atoms with Crippen LogP contribution in [0.2, 0.25) is 0 Å². The molecule has 2 rings (SSSR count). The van der Waals surface area contributed by atoms with E-state index in [9.17, 15) is 4.39 Å². The molecule has 0 aliphatic heterocycles. The number of ether oxygens (including phenoxy) is 1. The Hall–Kier alpha value is -1.39. The standard InChI is InChI=1S/C16H17BrFNO/c1-11(2)19-10-12-7-8-13(17)9-16(12)20-15-6-4-3-5-14(15)18/h3-9,11,19H,10H2,1-2H3. The maximum atomic E-state index is 13.7. The minimum absolute atomic E-state index is 0.233. The van der Waals surface area contributed by atoms with Gasteiger partial charge in [0, 0.05) is 22.6 Å². The molecule has 20 heavy (non-hydrogen) atoms. The van der Waals surface area contributed by atoms with E-state index in [1.54, 1.807) is 18.2 Å². The van der Waals surface area contributed by atoms with Crippen molar-refractivity contribution in [2.75, 3.05) is 0 Å². The largest absolute Gasteiger partial charge is 0.454 e. The Kier molecular flexibility index (Phi) is 5.15. The van der Waals surface area contributed by atoms with Crippen LogP contribution >= 0.6 is 15.9 Å². The van der Waals surface area contributed by atoms with Gasteiger partial charge in [-0.15, -0.1) is 0 Å². The molecule has 0 bridgehead atoms. The zero-order valence-electron chi connectivity index (χ0n) is 11.5. The van der Waals surface area contributed by atoms with Crippen LogP contribution in [-0.4, -0.2) is 6.04 Å². The van der Waals surface area contributed by atoms with Crippen LogP contribution in [0.15, 0.2) is 46.9 Å². The average molecular weight is 338 g/mol. The lowest BCUT2D eigenvalue weighted by Crippen LogP contribution is -2.22. The molecule has 0 radical (unpaired) electrons. The van der Waals surface area contributed by atoms with E-state index in [1.807, 2.05) is 18.2 Å². The van der Waals surface area contributed by atoms with E-state index in [0.29, 0.717) is 18.3 Å². The number of nitrogens with one attached hydrogen (secondary N) is 1. The molecule has 0 unspecified atom stereocenters. The summed E-state index contributed by atoms with van der Waals surface area (Å²) in [5.41, 5.74) is 0.991. The molecule has 106 valence electrons. The van der Waals surface area contributed by atoms with E-state index >= 15 is 0 Å². The summed E-state index contributed by atoms with van der Waals surface area (Å²) in [7, 11) is 0. The van der Waals surface area contributed by atoms with E-state index in [1.165, 1.54) is 6.07 Å². The molecule has 2 nitrogen and oxygen atoms in total. The van der Waals surface area contributed by atoms with Crippen LogP contribution < -0.4 is 10.1 Å². The quantitative estimate of drug-likeness (QED) is 0.839. The summed E-state index contributed by atoms with van der Waals surface area (Å²) in [5, 5.41) is 3.33. The highest BCUT2D eigenvalue weighted by Gasteiger charge is 2.09. The highest BCUT2D eigenvalue weighted by Crippen LogP contribution is 2.30. The van der Waals surface area contributed by atoms with Gasteiger partial charge in [-0.3, -0.25) is 0 Å². The third-order valence-electron chi connectivity index (χ3n) is 2.79. The SMILES string of the molecule is CC(C)NCc1ccc(Br)cc1Oc1ccccc1F. The lowest BCUT2D eigenvalue weighted by Gasteiger charge is -2.14. The third-order valence-corrected chi connectivity index (χ3v) is 3.28.